The first kappa shape index (κ1) is 11.6. The first-order valence-electron chi connectivity index (χ1n) is 4.61. The lowest BCUT2D eigenvalue weighted by Crippen LogP contribution is -2.27. The highest BCUT2D eigenvalue weighted by Gasteiger charge is 2.14. The highest BCUT2D eigenvalue weighted by Crippen LogP contribution is 2.07. The molecule has 1 aromatic rings. The molecule has 1 rings (SSSR count). The Morgan fingerprint density at radius 3 is 2.67 bits per heavy atom. The van der Waals surface area contributed by atoms with E-state index < -0.39 is 0 Å². The molecular formula is C9H15N3O3. The Morgan fingerprint density at radius 1 is 1.53 bits per heavy atom. The highest BCUT2D eigenvalue weighted by atomic mass is 16.5. The van der Waals surface area contributed by atoms with Gasteiger partial charge in [-0.05, 0) is 27.7 Å². The Hall–Kier alpha value is -1.43. The normalized spacial score (nSPS) is 11.5. The van der Waals surface area contributed by atoms with Gasteiger partial charge in [0.2, 0.25) is 0 Å². The summed E-state index contributed by atoms with van der Waals surface area (Å²) in [5, 5.41) is 5.97. The summed E-state index contributed by atoms with van der Waals surface area (Å²) in [4.78, 5) is 15.1. The molecule has 0 radical (unpaired) electrons. The molecule has 1 heterocycles. The fraction of sp³-hybridized carbons (Fsp3) is 0.667. The number of rotatable bonds is 3. The zero-order chi connectivity index (χ0) is 11.5. The molecule has 84 valence electrons. The average Bonchev–Trinajstić information content (AvgIpc) is 2.47. The summed E-state index contributed by atoms with van der Waals surface area (Å²) >= 11 is 0. The number of aromatic nitrogens is 2. The lowest BCUT2D eigenvalue weighted by Gasteiger charge is -2.18. The molecule has 0 fully saturated rings. The quantitative estimate of drug-likeness (QED) is 0.814. The molecule has 0 spiro atoms. The molecule has 0 atom stereocenters. The van der Waals surface area contributed by atoms with Crippen molar-refractivity contribution in [2.45, 2.75) is 33.3 Å². The van der Waals surface area contributed by atoms with E-state index in [2.05, 4.69) is 15.5 Å². The Bertz CT molecular complexity index is 341. The molecule has 6 heteroatoms. The maximum atomic E-state index is 11.3. The molecule has 6 nitrogen and oxygen atoms in total. The van der Waals surface area contributed by atoms with Gasteiger partial charge in [-0.1, -0.05) is 5.16 Å². The van der Waals surface area contributed by atoms with Crippen LogP contribution in [0, 0.1) is 6.92 Å². The first-order chi connectivity index (χ1) is 6.87. The summed E-state index contributed by atoms with van der Waals surface area (Å²) < 4.78 is 9.99. The van der Waals surface area contributed by atoms with Crippen molar-refractivity contribution in [1.82, 2.24) is 10.1 Å². The molecule has 0 aromatic carbocycles. The van der Waals surface area contributed by atoms with E-state index in [4.69, 9.17) is 9.26 Å². The van der Waals surface area contributed by atoms with Crippen molar-refractivity contribution < 1.29 is 14.1 Å². The van der Waals surface area contributed by atoms with E-state index in [1.807, 2.05) is 20.8 Å². The van der Waals surface area contributed by atoms with Crippen LogP contribution < -0.4 is 5.32 Å². The SMILES string of the molecule is Cc1noc(NC(=O)COC(C)(C)C)n1. The van der Waals surface area contributed by atoms with E-state index in [1.165, 1.54) is 0 Å². The van der Waals surface area contributed by atoms with Gasteiger partial charge in [-0.15, -0.1) is 0 Å². The second-order valence-corrected chi connectivity index (χ2v) is 4.10. The van der Waals surface area contributed by atoms with Crippen LogP contribution in [0.5, 0.6) is 0 Å². The lowest BCUT2D eigenvalue weighted by atomic mass is 10.2. The van der Waals surface area contributed by atoms with Gasteiger partial charge in [-0.25, -0.2) is 0 Å². The number of hydrogen-bond acceptors (Lipinski definition) is 5. The van der Waals surface area contributed by atoms with E-state index in [0.29, 0.717) is 5.82 Å². The largest absolute Gasteiger partial charge is 0.366 e. The summed E-state index contributed by atoms with van der Waals surface area (Å²) in [6.45, 7) is 7.25. The molecule has 0 aliphatic rings. The van der Waals surface area contributed by atoms with Gasteiger partial charge >= 0.3 is 6.01 Å². The van der Waals surface area contributed by atoms with Crippen LogP contribution in [0.25, 0.3) is 0 Å². The summed E-state index contributed by atoms with van der Waals surface area (Å²) in [5.74, 6) is 0.163. The molecular weight excluding hydrogens is 198 g/mol. The molecule has 1 N–H and O–H groups in total. The second-order valence-electron chi connectivity index (χ2n) is 4.10. The fourth-order valence-corrected chi connectivity index (χ4v) is 0.785. The van der Waals surface area contributed by atoms with Crippen molar-refractivity contribution in [3.8, 4) is 0 Å². The van der Waals surface area contributed by atoms with Crippen LogP contribution in [0.2, 0.25) is 0 Å². The van der Waals surface area contributed by atoms with Crippen molar-refractivity contribution >= 4 is 11.9 Å². The van der Waals surface area contributed by atoms with Gasteiger partial charge in [0.15, 0.2) is 5.82 Å². The summed E-state index contributed by atoms with van der Waals surface area (Å²) in [6, 6.07) is 0.0926. The smallest absolute Gasteiger partial charge is 0.328 e. The summed E-state index contributed by atoms with van der Waals surface area (Å²) in [6.07, 6.45) is 0. The molecule has 0 saturated carbocycles. The van der Waals surface area contributed by atoms with Crippen LogP contribution in [0.4, 0.5) is 6.01 Å². The van der Waals surface area contributed by atoms with E-state index in [0.717, 1.165) is 0 Å². The van der Waals surface area contributed by atoms with Gasteiger partial charge in [0.1, 0.15) is 6.61 Å². The molecule has 15 heavy (non-hydrogen) atoms. The van der Waals surface area contributed by atoms with Gasteiger partial charge < -0.3 is 9.26 Å². The first-order valence-corrected chi connectivity index (χ1v) is 4.61. The zero-order valence-corrected chi connectivity index (χ0v) is 9.33. The molecule has 0 bridgehead atoms. The van der Waals surface area contributed by atoms with Crippen LogP contribution >= 0.6 is 0 Å². The molecule has 0 saturated heterocycles. The average molecular weight is 213 g/mol. The van der Waals surface area contributed by atoms with Crippen molar-refractivity contribution in [2.75, 3.05) is 11.9 Å². The third-order valence-electron chi connectivity index (χ3n) is 1.41. The van der Waals surface area contributed by atoms with E-state index in [9.17, 15) is 4.79 Å². The van der Waals surface area contributed by atoms with Gasteiger partial charge in [0, 0.05) is 0 Å². The number of amides is 1. The third kappa shape index (κ3) is 4.55. The van der Waals surface area contributed by atoms with Crippen LogP contribution in [0.1, 0.15) is 26.6 Å². The minimum Gasteiger partial charge on any atom is -0.366 e. The third-order valence-corrected chi connectivity index (χ3v) is 1.41. The Morgan fingerprint density at radius 2 is 2.20 bits per heavy atom. The number of hydrogen-bond donors (Lipinski definition) is 1. The van der Waals surface area contributed by atoms with Crippen molar-refractivity contribution in [1.29, 1.82) is 0 Å². The molecule has 0 aliphatic carbocycles. The molecule has 0 aliphatic heterocycles. The molecule has 1 amide bonds. The van der Waals surface area contributed by atoms with Gasteiger partial charge in [-0.2, -0.15) is 4.98 Å². The number of aryl methyl sites for hydroxylation is 1. The maximum Gasteiger partial charge on any atom is 0.328 e. The minimum absolute atomic E-state index is 0.0368. The minimum atomic E-state index is -0.345. The van der Waals surface area contributed by atoms with Crippen molar-refractivity contribution in [3.63, 3.8) is 0 Å². The van der Waals surface area contributed by atoms with E-state index in [1.54, 1.807) is 6.92 Å². The Balaban J connectivity index is 2.37. The second kappa shape index (κ2) is 4.39. The standard InChI is InChI=1S/C9H15N3O3/c1-6-10-8(15-12-6)11-7(13)5-14-9(2,3)4/h5H2,1-4H3,(H,10,11,12,13). The predicted octanol–water partition coefficient (Wildman–Crippen LogP) is 1.13. The van der Waals surface area contributed by atoms with E-state index in [-0.39, 0.29) is 24.1 Å². The monoisotopic (exact) mass is 213 g/mol. The topological polar surface area (TPSA) is 77.2 Å². The number of carbonyl (C=O) groups excluding carboxylic acids is 1. The maximum absolute atomic E-state index is 11.3. The molecule has 0 unspecified atom stereocenters. The fourth-order valence-electron chi connectivity index (χ4n) is 0.785. The van der Waals surface area contributed by atoms with Crippen LogP contribution in [-0.2, 0) is 9.53 Å². The van der Waals surface area contributed by atoms with Crippen LogP contribution in [0.3, 0.4) is 0 Å². The number of nitrogens with one attached hydrogen (secondary N) is 1. The van der Waals surface area contributed by atoms with Gasteiger partial charge in [-0.3, -0.25) is 10.1 Å². The van der Waals surface area contributed by atoms with Crippen LogP contribution in [-0.4, -0.2) is 28.3 Å². The van der Waals surface area contributed by atoms with Crippen LogP contribution in [0.15, 0.2) is 4.52 Å². The Kier molecular flexibility index (Phi) is 3.41. The summed E-state index contributed by atoms with van der Waals surface area (Å²) in [5.41, 5.74) is -0.345. The lowest BCUT2D eigenvalue weighted by molar-refractivity contribution is -0.125. The predicted molar refractivity (Wildman–Crippen MR) is 53.4 cm³/mol. The highest BCUT2D eigenvalue weighted by molar-refractivity contribution is 5.89. The Labute approximate surface area is 88.0 Å². The number of carbonyl (C=O) groups is 1. The van der Waals surface area contributed by atoms with E-state index >= 15 is 0 Å². The number of ether oxygens (including phenoxy) is 1. The molecule has 1 aromatic heterocycles. The zero-order valence-electron chi connectivity index (χ0n) is 9.33. The van der Waals surface area contributed by atoms with Crippen molar-refractivity contribution in [2.24, 2.45) is 0 Å². The number of nitrogens with zero attached hydrogens (tertiary/aromatic N) is 2. The van der Waals surface area contributed by atoms with Gasteiger partial charge in [0.25, 0.3) is 5.91 Å². The van der Waals surface area contributed by atoms with Gasteiger partial charge in [0.05, 0.1) is 5.60 Å². The number of anilines is 1. The summed E-state index contributed by atoms with van der Waals surface area (Å²) in [7, 11) is 0. The van der Waals surface area contributed by atoms with Crippen molar-refractivity contribution in [3.05, 3.63) is 5.82 Å².